The maximum atomic E-state index is 12.2. The van der Waals surface area contributed by atoms with Gasteiger partial charge in [-0.05, 0) is 44.0 Å². The van der Waals surface area contributed by atoms with E-state index in [9.17, 15) is 9.59 Å². The molecule has 1 aliphatic heterocycles. The largest absolute Gasteiger partial charge is 0.457 e. The molecule has 7 nitrogen and oxygen atoms in total. The van der Waals surface area contributed by atoms with Crippen LogP contribution in [0.3, 0.4) is 0 Å². The Bertz CT molecular complexity index is 842. The molecule has 29 heavy (non-hydrogen) atoms. The third kappa shape index (κ3) is 6.88. The highest BCUT2D eigenvalue weighted by Gasteiger charge is 2.18. The summed E-state index contributed by atoms with van der Waals surface area (Å²) in [5.41, 5.74) is 1.88. The van der Waals surface area contributed by atoms with Crippen molar-refractivity contribution in [2.24, 2.45) is 0 Å². The van der Waals surface area contributed by atoms with Gasteiger partial charge < -0.3 is 20.7 Å². The summed E-state index contributed by atoms with van der Waals surface area (Å²) in [7, 11) is 1.55. The predicted molar refractivity (Wildman–Crippen MR) is 118 cm³/mol. The van der Waals surface area contributed by atoms with Crippen molar-refractivity contribution in [3.8, 4) is 11.5 Å². The zero-order chi connectivity index (χ0) is 19.2. The third-order valence-corrected chi connectivity index (χ3v) is 4.48. The number of amides is 2. The van der Waals surface area contributed by atoms with Crippen LogP contribution in [0.15, 0.2) is 36.5 Å². The normalized spacial score (nSPS) is 14.9. The second-order valence-corrected chi connectivity index (χ2v) is 6.58. The number of hydrogen-bond acceptors (Lipinski definition) is 5. The fraction of sp³-hybridized carbons (Fsp3) is 0.350. The van der Waals surface area contributed by atoms with E-state index in [0.717, 1.165) is 24.9 Å². The van der Waals surface area contributed by atoms with Gasteiger partial charge in [0.1, 0.15) is 17.2 Å². The minimum atomic E-state index is -0.279. The number of rotatable bonds is 6. The van der Waals surface area contributed by atoms with Crippen LogP contribution in [0.1, 0.15) is 35.3 Å². The van der Waals surface area contributed by atoms with Crippen molar-refractivity contribution in [2.45, 2.75) is 32.2 Å². The Morgan fingerprint density at radius 2 is 2.03 bits per heavy atom. The molecule has 1 fully saturated rings. The molecule has 3 N–H and O–H groups in total. The Hall–Kier alpha value is -2.35. The molecule has 9 heteroatoms. The van der Waals surface area contributed by atoms with E-state index in [-0.39, 0.29) is 48.4 Å². The number of halogens is 2. The standard InChI is InChI=1S/C20H24N4O3.2ClH/c1-13-5-6-15(24-19(25)11-14-4-3-8-22-14)10-18(13)27-16-7-9-23-17(12-16)20(26)21-2;;/h5-7,9-10,12,14,22H,3-4,8,11H2,1-2H3,(H,21,26)(H,24,25);2*1H. The summed E-state index contributed by atoms with van der Waals surface area (Å²) in [5.74, 6) is 0.819. The number of hydrogen-bond donors (Lipinski definition) is 3. The van der Waals surface area contributed by atoms with Crippen LogP contribution in [0, 0.1) is 6.92 Å². The molecule has 1 aromatic heterocycles. The Labute approximate surface area is 182 Å². The molecule has 1 aromatic carbocycles. The van der Waals surface area contributed by atoms with Gasteiger partial charge in [-0.3, -0.25) is 14.6 Å². The summed E-state index contributed by atoms with van der Waals surface area (Å²) in [6, 6.07) is 9.05. The van der Waals surface area contributed by atoms with Gasteiger partial charge in [0.05, 0.1) is 0 Å². The molecule has 1 aliphatic rings. The molecule has 0 aliphatic carbocycles. The lowest BCUT2D eigenvalue weighted by Crippen LogP contribution is -2.27. The minimum Gasteiger partial charge on any atom is -0.457 e. The Kier molecular flexibility index (Phi) is 9.88. The fourth-order valence-electron chi connectivity index (χ4n) is 3.01. The van der Waals surface area contributed by atoms with Crippen molar-refractivity contribution in [3.63, 3.8) is 0 Å². The lowest BCUT2D eigenvalue weighted by molar-refractivity contribution is -0.116. The molecule has 3 rings (SSSR count). The first-order valence-corrected chi connectivity index (χ1v) is 9.05. The van der Waals surface area contributed by atoms with E-state index in [1.807, 2.05) is 19.1 Å². The number of nitrogens with one attached hydrogen (secondary N) is 3. The zero-order valence-corrected chi connectivity index (χ0v) is 18.0. The SMILES string of the molecule is CNC(=O)c1cc(Oc2cc(NC(=O)CC3CCCN3)ccc2C)ccn1.Cl.Cl. The summed E-state index contributed by atoms with van der Waals surface area (Å²) in [4.78, 5) is 28.0. The lowest BCUT2D eigenvalue weighted by atomic mass is 10.1. The van der Waals surface area contributed by atoms with Crippen molar-refractivity contribution in [1.82, 2.24) is 15.6 Å². The van der Waals surface area contributed by atoms with E-state index in [2.05, 4.69) is 20.9 Å². The quantitative estimate of drug-likeness (QED) is 0.639. The van der Waals surface area contributed by atoms with Crippen LogP contribution >= 0.6 is 24.8 Å². The van der Waals surface area contributed by atoms with Gasteiger partial charge in [-0.15, -0.1) is 24.8 Å². The molecule has 0 saturated carbocycles. The van der Waals surface area contributed by atoms with Crippen molar-refractivity contribution in [3.05, 3.63) is 47.8 Å². The Morgan fingerprint density at radius 1 is 1.24 bits per heavy atom. The van der Waals surface area contributed by atoms with Gasteiger partial charge in [0, 0.05) is 43.5 Å². The number of aromatic nitrogens is 1. The number of pyridine rings is 1. The molecule has 158 valence electrons. The number of benzene rings is 1. The summed E-state index contributed by atoms with van der Waals surface area (Å²) in [6.07, 6.45) is 4.13. The summed E-state index contributed by atoms with van der Waals surface area (Å²) in [6.45, 7) is 2.90. The van der Waals surface area contributed by atoms with E-state index >= 15 is 0 Å². The van der Waals surface area contributed by atoms with E-state index < -0.39 is 0 Å². The molecule has 1 saturated heterocycles. The maximum absolute atomic E-state index is 12.2. The number of ether oxygens (including phenoxy) is 1. The molecular formula is C20H26Cl2N4O3. The fourth-order valence-corrected chi connectivity index (χ4v) is 3.01. The van der Waals surface area contributed by atoms with Crippen molar-refractivity contribution < 1.29 is 14.3 Å². The van der Waals surface area contributed by atoms with Gasteiger partial charge in [-0.25, -0.2) is 0 Å². The second kappa shape index (κ2) is 11.6. The van der Waals surface area contributed by atoms with E-state index in [0.29, 0.717) is 23.6 Å². The van der Waals surface area contributed by atoms with Crippen molar-refractivity contribution in [2.75, 3.05) is 18.9 Å². The molecule has 1 atom stereocenters. The lowest BCUT2D eigenvalue weighted by Gasteiger charge is -2.13. The van der Waals surface area contributed by atoms with Crippen LogP contribution in [-0.4, -0.2) is 36.4 Å². The van der Waals surface area contributed by atoms with E-state index in [4.69, 9.17) is 4.74 Å². The van der Waals surface area contributed by atoms with Gasteiger partial charge >= 0.3 is 0 Å². The summed E-state index contributed by atoms with van der Waals surface area (Å²) >= 11 is 0. The second-order valence-electron chi connectivity index (χ2n) is 6.58. The highest BCUT2D eigenvalue weighted by Crippen LogP contribution is 2.28. The molecule has 0 bridgehead atoms. The van der Waals surface area contributed by atoms with Gasteiger partial charge in [-0.2, -0.15) is 0 Å². The van der Waals surface area contributed by atoms with E-state index in [1.54, 1.807) is 25.2 Å². The van der Waals surface area contributed by atoms with Crippen LogP contribution in [0.5, 0.6) is 11.5 Å². The average molecular weight is 441 g/mol. The van der Waals surface area contributed by atoms with Crippen LogP contribution in [0.25, 0.3) is 0 Å². The first-order chi connectivity index (χ1) is 13.0. The van der Waals surface area contributed by atoms with Gasteiger partial charge in [0.25, 0.3) is 5.91 Å². The molecule has 2 aromatic rings. The molecule has 2 heterocycles. The molecule has 0 radical (unpaired) electrons. The minimum absolute atomic E-state index is 0. The Balaban J connectivity index is 0.00000210. The van der Waals surface area contributed by atoms with Crippen molar-refractivity contribution >= 4 is 42.3 Å². The number of carbonyl (C=O) groups excluding carboxylic acids is 2. The number of nitrogens with zero attached hydrogens (tertiary/aromatic N) is 1. The van der Waals surface area contributed by atoms with Gasteiger partial charge in [-0.1, -0.05) is 6.07 Å². The smallest absolute Gasteiger partial charge is 0.269 e. The predicted octanol–water partition coefficient (Wildman–Crippen LogP) is 3.47. The van der Waals surface area contributed by atoms with E-state index in [1.165, 1.54) is 6.20 Å². The summed E-state index contributed by atoms with van der Waals surface area (Å²) < 4.78 is 5.92. The molecule has 0 spiro atoms. The van der Waals surface area contributed by atoms with Crippen molar-refractivity contribution in [1.29, 1.82) is 0 Å². The third-order valence-electron chi connectivity index (χ3n) is 4.48. The highest BCUT2D eigenvalue weighted by molar-refractivity contribution is 5.92. The highest BCUT2D eigenvalue weighted by atomic mass is 35.5. The average Bonchev–Trinajstić information content (AvgIpc) is 3.17. The molecular weight excluding hydrogens is 415 g/mol. The first kappa shape index (κ1) is 24.7. The first-order valence-electron chi connectivity index (χ1n) is 9.05. The Morgan fingerprint density at radius 3 is 2.72 bits per heavy atom. The number of anilines is 1. The summed E-state index contributed by atoms with van der Waals surface area (Å²) in [5, 5.41) is 8.78. The van der Waals surface area contributed by atoms with Crippen LogP contribution in [0.2, 0.25) is 0 Å². The van der Waals surface area contributed by atoms with Gasteiger partial charge in [0.2, 0.25) is 5.91 Å². The maximum Gasteiger partial charge on any atom is 0.269 e. The monoisotopic (exact) mass is 440 g/mol. The van der Waals surface area contributed by atoms with Crippen LogP contribution < -0.4 is 20.7 Å². The number of carbonyl (C=O) groups is 2. The van der Waals surface area contributed by atoms with Gasteiger partial charge in [0.15, 0.2) is 0 Å². The van der Waals surface area contributed by atoms with Crippen LogP contribution in [0.4, 0.5) is 5.69 Å². The molecule has 1 unspecified atom stereocenters. The topological polar surface area (TPSA) is 92.4 Å². The zero-order valence-electron chi connectivity index (χ0n) is 16.4. The number of aryl methyl sites for hydroxylation is 1. The molecule has 2 amide bonds. The van der Waals surface area contributed by atoms with Crippen LogP contribution in [-0.2, 0) is 4.79 Å².